The summed E-state index contributed by atoms with van der Waals surface area (Å²) in [5, 5.41) is 11.8. The van der Waals surface area contributed by atoms with Gasteiger partial charge in [0, 0.05) is 10.0 Å². The molecule has 0 unspecified atom stereocenters. The fraction of sp³-hybridized carbons (Fsp3) is 0. The highest BCUT2D eigenvalue weighted by Gasteiger charge is 2.15. The van der Waals surface area contributed by atoms with Crippen LogP contribution in [0.2, 0.25) is 10.0 Å². The number of anilines is 1. The predicted octanol–water partition coefficient (Wildman–Crippen LogP) is 4.71. The van der Waals surface area contributed by atoms with E-state index in [2.05, 4.69) is 21.2 Å². The molecule has 2 rings (SSSR count). The second kappa shape index (κ2) is 6.47. The van der Waals surface area contributed by atoms with Crippen molar-refractivity contribution < 1.29 is 14.7 Å². The average Bonchev–Trinajstić information content (AvgIpc) is 2.41. The molecule has 0 aliphatic rings. The summed E-state index contributed by atoms with van der Waals surface area (Å²) in [6.07, 6.45) is 0. The van der Waals surface area contributed by atoms with E-state index in [1.807, 2.05) is 0 Å². The van der Waals surface area contributed by atoms with Crippen LogP contribution in [0.4, 0.5) is 5.69 Å². The number of hydrogen-bond donors (Lipinski definition) is 2. The van der Waals surface area contributed by atoms with Crippen LogP contribution in [0.15, 0.2) is 40.9 Å². The molecule has 0 fully saturated rings. The lowest BCUT2D eigenvalue weighted by Crippen LogP contribution is -2.13. The first kappa shape index (κ1) is 15.8. The van der Waals surface area contributed by atoms with Gasteiger partial charge in [-0.2, -0.15) is 0 Å². The van der Waals surface area contributed by atoms with E-state index < -0.39 is 11.9 Å². The van der Waals surface area contributed by atoms with Gasteiger partial charge in [-0.05, 0) is 30.3 Å². The van der Waals surface area contributed by atoms with Crippen molar-refractivity contribution in [1.29, 1.82) is 0 Å². The summed E-state index contributed by atoms with van der Waals surface area (Å²) >= 11 is 15.0. The van der Waals surface area contributed by atoms with Crippen LogP contribution in [0.3, 0.4) is 0 Å². The second-order valence-electron chi connectivity index (χ2n) is 4.08. The van der Waals surface area contributed by atoms with Gasteiger partial charge in [-0.15, -0.1) is 0 Å². The number of rotatable bonds is 3. The van der Waals surface area contributed by atoms with Crippen molar-refractivity contribution in [3.63, 3.8) is 0 Å². The summed E-state index contributed by atoms with van der Waals surface area (Å²) in [7, 11) is 0. The molecule has 0 bridgehead atoms. The number of carbonyl (C=O) groups excluding carboxylic acids is 1. The molecule has 0 spiro atoms. The van der Waals surface area contributed by atoms with E-state index in [-0.39, 0.29) is 21.3 Å². The van der Waals surface area contributed by atoms with Crippen LogP contribution in [0.1, 0.15) is 20.7 Å². The van der Waals surface area contributed by atoms with Crippen LogP contribution in [-0.4, -0.2) is 17.0 Å². The van der Waals surface area contributed by atoms with E-state index in [9.17, 15) is 9.59 Å². The van der Waals surface area contributed by atoms with Gasteiger partial charge in [0.2, 0.25) is 0 Å². The molecule has 0 saturated heterocycles. The molecule has 0 aliphatic carbocycles. The fourth-order valence-corrected chi connectivity index (χ4v) is 2.54. The van der Waals surface area contributed by atoms with Gasteiger partial charge in [-0.25, -0.2) is 4.79 Å². The van der Waals surface area contributed by atoms with E-state index in [0.29, 0.717) is 5.56 Å². The van der Waals surface area contributed by atoms with Gasteiger partial charge in [-0.3, -0.25) is 4.79 Å². The number of carboxylic acids is 1. The Balaban J connectivity index is 2.33. The van der Waals surface area contributed by atoms with Crippen molar-refractivity contribution >= 4 is 56.7 Å². The van der Waals surface area contributed by atoms with E-state index >= 15 is 0 Å². The molecule has 2 N–H and O–H groups in total. The van der Waals surface area contributed by atoms with Crippen molar-refractivity contribution in [3.8, 4) is 0 Å². The Kier molecular flexibility index (Phi) is 4.88. The van der Waals surface area contributed by atoms with Crippen LogP contribution in [0.5, 0.6) is 0 Å². The van der Waals surface area contributed by atoms with Crippen LogP contribution in [-0.2, 0) is 0 Å². The molecule has 0 radical (unpaired) electrons. The van der Waals surface area contributed by atoms with Crippen molar-refractivity contribution in [2.75, 3.05) is 5.32 Å². The third-order valence-electron chi connectivity index (χ3n) is 2.62. The van der Waals surface area contributed by atoms with Crippen LogP contribution >= 0.6 is 39.1 Å². The van der Waals surface area contributed by atoms with Gasteiger partial charge < -0.3 is 10.4 Å². The van der Waals surface area contributed by atoms with Gasteiger partial charge in [0.25, 0.3) is 5.91 Å². The Morgan fingerprint density at radius 1 is 1.10 bits per heavy atom. The summed E-state index contributed by atoms with van der Waals surface area (Å²) in [4.78, 5) is 23.2. The minimum Gasteiger partial charge on any atom is -0.478 e. The number of hydrogen-bond acceptors (Lipinski definition) is 2. The lowest BCUT2D eigenvalue weighted by Gasteiger charge is -2.09. The SMILES string of the molecule is O=C(Nc1cc(C(=O)O)c(Cl)cc1Cl)c1cccc(Br)c1. The van der Waals surface area contributed by atoms with Gasteiger partial charge >= 0.3 is 5.97 Å². The highest BCUT2D eigenvalue weighted by molar-refractivity contribution is 9.10. The highest BCUT2D eigenvalue weighted by Crippen LogP contribution is 2.29. The maximum atomic E-state index is 12.1. The number of amides is 1. The fourth-order valence-electron chi connectivity index (χ4n) is 1.63. The van der Waals surface area contributed by atoms with Crippen LogP contribution in [0.25, 0.3) is 0 Å². The minimum atomic E-state index is -1.20. The Morgan fingerprint density at radius 3 is 2.43 bits per heavy atom. The summed E-state index contributed by atoms with van der Waals surface area (Å²) in [5.74, 6) is -1.61. The normalized spacial score (nSPS) is 10.2. The Bertz CT molecular complexity index is 734. The molecule has 7 heteroatoms. The number of benzene rings is 2. The first-order valence-corrected chi connectivity index (χ1v) is 7.22. The zero-order valence-corrected chi connectivity index (χ0v) is 13.5. The average molecular weight is 389 g/mol. The molecule has 0 saturated carbocycles. The van der Waals surface area contributed by atoms with Crippen LogP contribution < -0.4 is 5.32 Å². The lowest BCUT2D eigenvalue weighted by atomic mass is 10.1. The zero-order chi connectivity index (χ0) is 15.6. The Labute approximate surface area is 138 Å². The summed E-state index contributed by atoms with van der Waals surface area (Å²) in [6.45, 7) is 0. The van der Waals surface area contributed by atoms with E-state index in [4.69, 9.17) is 28.3 Å². The van der Waals surface area contributed by atoms with E-state index in [0.717, 1.165) is 4.47 Å². The molecule has 2 aromatic rings. The Hall–Kier alpha value is -1.56. The number of carboxylic acid groups (broad SMARTS) is 1. The molecule has 2 aromatic carbocycles. The number of carbonyl (C=O) groups is 2. The molecule has 21 heavy (non-hydrogen) atoms. The third kappa shape index (κ3) is 3.75. The molecule has 1 amide bonds. The van der Waals surface area contributed by atoms with E-state index in [1.54, 1.807) is 24.3 Å². The molecule has 0 aliphatic heterocycles. The number of aromatic carboxylic acids is 1. The molecular weight excluding hydrogens is 381 g/mol. The molecule has 0 heterocycles. The predicted molar refractivity (Wildman–Crippen MR) is 85.5 cm³/mol. The van der Waals surface area contributed by atoms with Crippen molar-refractivity contribution in [2.45, 2.75) is 0 Å². The van der Waals surface area contributed by atoms with Gasteiger partial charge in [0.15, 0.2) is 0 Å². The van der Waals surface area contributed by atoms with Crippen molar-refractivity contribution in [2.24, 2.45) is 0 Å². The maximum Gasteiger partial charge on any atom is 0.337 e. The highest BCUT2D eigenvalue weighted by atomic mass is 79.9. The Morgan fingerprint density at radius 2 is 1.81 bits per heavy atom. The first-order chi connectivity index (χ1) is 9.88. The maximum absolute atomic E-state index is 12.1. The summed E-state index contributed by atoms with van der Waals surface area (Å²) in [5.41, 5.74) is 0.460. The molecule has 0 atom stereocenters. The second-order valence-corrected chi connectivity index (χ2v) is 5.81. The molecule has 108 valence electrons. The third-order valence-corrected chi connectivity index (χ3v) is 3.74. The van der Waals surface area contributed by atoms with Crippen molar-refractivity contribution in [1.82, 2.24) is 0 Å². The first-order valence-electron chi connectivity index (χ1n) is 5.67. The van der Waals surface area contributed by atoms with Crippen molar-refractivity contribution in [3.05, 3.63) is 62.0 Å². The minimum absolute atomic E-state index is 0.00737. The molecule has 0 aromatic heterocycles. The quantitative estimate of drug-likeness (QED) is 0.800. The topological polar surface area (TPSA) is 66.4 Å². The smallest absolute Gasteiger partial charge is 0.337 e. The molecular formula is C14H8BrCl2NO3. The standard InChI is InChI=1S/C14H8BrCl2NO3/c15-8-3-1-2-7(4-8)13(19)18-12-5-9(14(20)21)10(16)6-11(12)17/h1-6H,(H,18,19)(H,20,21). The van der Waals surface area contributed by atoms with Gasteiger partial charge in [0.1, 0.15) is 0 Å². The largest absolute Gasteiger partial charge is 0.478 e. The van der Waals surface area contributed by atoms with Crippen LogP contribution in [0, 0.1) is 0 Å². The monoisotopic (exact) mass is 387 g/mol. The lowest BCUT2D eigenvalue weighted by molar-refractivity contribution is 0.0696. The summed E-state index contributed by atoms with van der Waals surface area (Å²) in [6, 6.07) is 9.27. The molecule has 4 nitrogen and oxygen atoms in total. The number of nitrogens with one attached hydrogen (secondary N) is 1. The number of halogens is 3. The van der Waals surface area contributed by atoms with Gasteiger partial charge in [0.05, 0.1) is 21.3 Å². The summed E-state index contributed by atoms with van der Waals surface area (Å²) < 4.78 is 0.753. The van der Waals surface area contributed by atoms with Gasteiger partial charge in [-0.1, -0.05) is 45.2 Å². The zero-order valence-electron chi connectivity index (χ0n) is 10.4. The van der Waals surface area contributed by atoms with E-state index in [1.165, 1.54) is 12.1 Å².